The number of unbranched alkanes of at least 4 members (excludes halogenated alkanes) is 1. The van der Waals surface area contributed by atoms with E-state index in [0.29, 0.717) is 0 Å². The van der Waals surface area contributed by atoms with Crippen molar-refractivity contribution < 1.29 is 9.47 Å². The molecule has 0 radical (unpaired) electrons. The molecule has 0 unspecified atom stereocenters. The van der Waals surface area contributed by atoms with E-state index >= 15 is 0 Å². The van der Waals surface area contributed by atoms with Gasteiger partial charge in [0.05, 0.1) is 14.2 Å². The number of methoxy groups -OCH3 is 2. The summed E-state index contributed by atoms with van der Waals surface area (Å²) < 4.78 is 12.4. The van der Waals surface area contributed by atoms with Gasteiger partial charge >= 0.3 is 0 Å². The molecule has 0 atom stereocenters. The van der Waals surface area contributed by atoms with E-state index in [2.05, 4.69) is 21.3 Å². The van der Waals surface area contributed by atoms with Gasteiger partial charge in [-0.15, -0.1) is 24.0 Å². The molecule has 0 aliphatic carbocycles. The molecule has 0 amide bonds. The number of aliphatic imine (C=N–C) groups is 1. The maximum absolute atomic E-state index is 11.7. The Bertz CT molecular complexity index is 854. The van der Waals surface area contributed by atoms with Crippen molar-refractivity contribution in [2.45, 2.75) is 25.8 Å². The Morgan fingerprint density at radius 2 is 1.90 bits per heavy atom. The number of halogens is 1. The third-order valence-electron chi connectivity index (χ3n) is 4.77. The molecule has 0 fully saturated rings. The third kappa shape index (κ3) is 7.89. The van der Waals surface area contributed by atoms with Gasteiger partial charge in [-0.3, -0.25) is 9.79 Å². The predicted octanol–water partition coefficient (Wildman–Crippen LogP) is 3.01. The first-order valence-electron chi connectivity index (χ1n) is 9.87. The summed E-state index contributed by atoms with van der Waals surface area (Å²) in [7, 11) is 7.10. The zero-order chi connectivity index (χ0) is 21.1. The Balaban J connectivity index is 0.00000450. The van der Waals surface area contributed by atoms with Crippen molar-refractivity contribution in [3.63, 3.8) is 0 Å². The monoisotopic (exact) mass is 528 g/mol. The molecule has 0 aliphatic heterocycles. The van der Waals surface area contributed by atoms with Crippen molar-refractivity contribution in [1.82, 2.24) is 14.8 Å². The zero-order valence-corrected chi connectivity index (χ0v) is 20.6. The van der Waals surface area contributed by atoms with Gasteiger partial charge in [0, 0.05) is 46.0 Å². The average molecular weight is 528 g/mol. The third-order valence-corrected chi connectivity index (χ3v) is 4.77. The van der Waals surface area contributed by atoms with Gasteiger partial charge in [0.25, 0.3) is 0 Å². The Kier molecular flexibility index (Phi) is 12.0. The summed E-state index contributed by atoms with van der Waals surface area (Å²) in [6, 6.07) is 11.2. The summed E-state index contributed by atoms with van der Waals surface area (Å²) in [4.78, 5) is 18.2. The maximum Gasteiger partial charge on any atom is 0.250 e. The van der Waals surface area contributed by atoms with E-state index < -0.39 is 0 Å². The topological polar surface area (TPSA) is 68.1 Å². The number of likely N-dealkylation sites (N-methyl/N-ethyl adjacent to an activating group) is 1. The van der Waals surface area contributed by atoms with Crippen LogP contribution >= 0.6 is 24.0 Å². The number of nitrogens with zero attached hydrogens (tertiary/aromatic N) is 3. The van der Waals surface area contributed by atoms with E-state index in [0.717, 1.165) is 56.4 Å². The minimum absolute atomic E-state index is 0. The van der Waals surface area contributed by atoms with Gasteiger partial charge in [0.15, 0.2) is 17.5 Å². The number of hydrogen-bond acceptors (Lipinski definition) is 4. The van der Waals surface area contributed by atoms with Crippen molar-refractivity contribution in [2.75, 3.05) is 41.4 Å². The fourth-order valence-corrected chi connectivity index (χ4v) is 3.08. The van der Waals surface area contributed by atoms with Crippen molar-refractivity contribution in [3.8, 4) is 11.5 Å². The molecule has 0 spiro atoms. The first-order chi connectivity index (χ1) is 14.1. The highest BCUT2D eigenvalue weighted by Gasteiger charge is 2.08. The second kappa shape index (κ2) is 13.9. The normalized spacial score (nSPS) is 10.9. The maximum atomic E-state index is 11.7. The smallest absolute Gasteiger partial charge is 0.250 e. The number of rotatable bonds is 10. The molecular formula is C22H33IN4O3. The molecular weight excluding hydrogens is 495 g/mol. The van der Waals surface area contributed by atoms with E-state index in [4.69, 9.17) is 9.47 Å². The largest absolute Gasteiger partial charge is 0.493 e. The summed E-state index contributed by atoms with van der Waals surface area (Å²) in [6.07, 6.45) is 4.60. The van der Waals surface area contributed by atoms with Crippen LogP contribution < -0.4 is 20.3 Å². The second-order valence-electron chi connectivity index (χ2n) is 6.77. The zero-order valence-electron chi connectivity index (χ0n) is 18.3. The lowest BCUT2D eigenvalue weighted by Crippen LogP contribution is -2.40. The minimum atomic E-state index is 0. The summed E-state index contributed by atoms with van der Waals surface area (Å²) in [5, 5.41) is 3.39. The van der Waals surface area contributed by atoms with Gasteiger partial charge < -0.3 is 24.3 Å². The molecule has 1 aromatic carbocycles. The number of aryl methyl sites for hydroxylation is 1. The molecule has 1 N–H and O–H groups in total. The molecule has 30 heavy (non-hydrogen) atoms. The average Bonchev–Trinajstić information content (AvgIpc) is 2.75. The van der Waals surface area contributed by atoms with E-state index in [9.17, 15) is 4.79 Å². The van der Waals surface area contributed by atoms with Crippen LogP contribution in [0.5, 0.6) is 11.5 Å². The number of hydrogen-bond donors (Lipinski definition) is 1. The van der Waals surface area contributed by atoms with Crippen LogP contribution in [0.3, 0.4) is 0 Å². The van der Waals surface area contributed by atoms with Gasteiger partial charge in [0.2, 0.25) is 5.56 Å². The number of ether oxygens (including phenoxy) is 2. The van der Waals surface area contributed by atoms with Gasteiger partial charge in [-0.2, -0.15) is 0 Å². The highest BCUT2D eigenvalue weighted by Crippen LogP contribution is 2.27. The molecule has 2 rings (SSSR count). The van der Waals surface area contributed by atoms with E-state index in [1.54, 1.807) is 38.0 Å². The second-order valence-corrected chi connectivity index (χ2v) is 6.77. The van der Waals surface area contributed by atoms with Crippen LogP contribution in [0.1, 0.15) is 18.4 Å². The summed E-state index contributed by atoms with van der Waals surface area (Å²) in [5.41, 5.74) is 1.23. The van der Waals surface area contributed by atoms with E-state index in [1.807, 2.05) is 31.4 Å². The minimum Gasteiger partial charge on any atom is -0.493 e. The molecule has 2 aromatic rings. The number of pyridine rings is 1. The number of benzene rings is 1. The number of aromatic nitrogens is 1. The first kappa shape index (κ1) is 25.8. The molecule has 0 saturated carbocycles. The molecule has 0 bridgehead atoms. The van der Waals surface area contributed by atoms with Gasteiger partial charge in [-0.25, -0.2) is 0 Å². The Labute approximate surface area is 196 Å². The number of guanidine groups is 1. The fraction of sp³-hybridized carbons (Fsp3) is 0.455. The van der Waals surface area contributed by atoms with E-state index in [1.165, 1.54) is 5.56 Å². The van der Waals surface area contributed by atoms with E-state index in [-0.39, 0.29) is 29.5 Å². The molecule has 166 valence electrons. The molecule has 1 heterocycles. The molecule has 0 saturated heterocycles. The highest BCUT2D eigenvalue weighted by molar-refractivity contribution is 14.0. The standard InChI is InChI=1S/C22H32N4O3.HI/c1-23-22(24-13-6-8-15-26-14-7-5-9-21(26)27)25(2)16-12-18-10-11-19(28-3)20(17-18)29-4;/h5,7,9-11,14,17H,6,8,12-13,15-16H2,1-4H3,(H,23,24);1H. The lowest BCUT2D eigenvalue weighted by molar-refractivity contribution is 0.354. The number of nitrogens with one attached hydrogen (secondary N) is 1. The Morgan fingerprint density at radius 3 is 2.57 bits per heavy atom. The van der Waals surface area contributed by atoms with Crippen molar-refractivity contribution in [3.05, 3.63) is 58.5 Å². The molecule has 8 heteroatoms. The highest BCUT2D eigenvalue weighted by atomic mass is 127. The predicted molar refractivity (Wildman–Crippen MR) is 133 cm³/mol. The van der Waals surface area contributed by atoms with Crippen LogP contribution in [-0.2, 0) is 13.0 Å². The summed E-state index contributed by atoms with van der Waals surface area (Å²) in [5.74, 6) is 2.34. The van der Waals surface area contributed by atoms with Crippen LogP contribution in [0, 0.1) is 0 Å². The van der Waals surface area contributed by atoms with Crippen LogP contribution in [0.25, 0.3) is 0 Å². The van der Waals surface area contributed by atoms with Crippen LogP contribution in [-0.4, -0.2) is 56.8 Å². The fourth-order valence-electron chi connectivity index (χ4n) is 3.08. The van der Waals surface area contributed by atoms with Crippen molar-refractivity contribution in [2.24, 2.45) is 4.99 Å². The quantitative estimate of drug-likeness (QED) is 0.222. The van der Waals surface area contributed by atoms with Crippen molar-refractivity contribution in [1.29, 1.82) is 0 Å². The summed E-state index contributed by atoms with van der Waals surface area (Å²) >= 11 is 0. The molecule has 0 aliphatic rings. The van der Waals surface area contributed by atoms with Crippen LogP contribution in [0.2, 0.25) is 0 Å². The van der Waals surface area contributed by atoms with Gasteiger partial charge in [-0.1, -0.05) is 12.1 Å². The lowest BCUT2D eigenvalue weighted by Gasteiger charge is -2.22. The lowest BCUT2D eigenvalue weighted by atomic mass is 10.1. The SMILES string of the molecule is CN=C(NCCCCn1ccccc1=O)N(C)CCc1ccc(OC)c(OC)c1.I. The van der Waals surface area contributed by atoms with Gasteiger partial charge in [0.1, 0.15) is 0 Å². The summed E-state index contributed by atoms with van der Waals surface area (Å²) in [6.45, 7) is 2.37. The van der Waals surface area contributed by atoms with Crippen LogP contribution in [0.15, 0.2) is 52.4 Å². The first-order valence-corrected chi connectivity index (χ1v) is 9.87. The molecule has 7 nitrogen and oxygen atoms in total. The van der Waals surface area contributed by atoms with Gasteiger partial charge in [-0.05, 0) is 43.0 Å². The van der Waals surface area contributed by atoms with Crippen molar-refractivity contribution >= 4 is 29.9 Å². The molecule has 1 aromatic heterocycles. The van der Waals surface area contributed by atoms with Crippen LogP contribution in [0.4, 0.5) is 0 Å². The Hall–Kier alpha value is -2.23. The Morgan fingerprint density at radius 1 is 1.13 bits per heavy atom.